The van der Waals surface area contributed by atoms with Crippen LogP contribution in [0.5, 0.6) is 5.75 Å². The minimum absolute atomic E-state index is 0.0269. The number of carbonyl (C=O) groups excluding carboxylic acids is 2. The maximum Gasteiger partial charge on any atom is 0.233 e. The van der Waals surface area contributed by atoms with Gasteiger partial charge < -0.3 is 4.74 Å². The Hall–Kier alpha value is -2.35. The molecule has 0 atom stereocenters. The van der Waals surface area contributed by atoms with Crippen LogP contribution in [0, 0.1) is 11.3 Å². The zero-order valence-corrected chi connectivity index (χ0v) is 10.5. The van der Waals surface area contributed by atoms with Gasteiger partial charge >= 0.3 is 0 Å². The Morgan fingerprint density at radius 2 is 1.68 bits per heavy atom. The molecule has 1 saturated heterocycles. The van der Waals surface area contributed by atoms with Crippen LogP contribution < -0.4 is 9.64 Å². The number of ether oxygens (including phenoxy) is 1. The lowest BCUT2D eigenvalue weighted by Gasteiger charge is -2.18. The molecule has 0 unspecified atom stereocenters. The summed E-state index contributed by atoms with van der Waals surface area (Å²) in [4.78, 5) is 25.1. The lowest BCUT2D eigenvalue weighted by atomic mass is 10.2. The second-order valence-corrected chi connectivity index (χ2v) is 4.27. The van der Waals surface area contributed by atoms with Crippen molar-refractivity contribution >= 4 is 17.5 Å². The molecule has 98 valence electrons. The molecule has 2 amide bonds. The summed E-state index contributed by atoms with van der Waals surface area (Å²) < 4.78 is 5.13. The lowest BCUT2D eigenvalue weighted by molar-refractivity contribution is -0.125. The van der Waals surface area contributed by atoms with Gasteiger partial charge in [0.05, 0.1) is 5.69 Å². The Morgan fingerprint density at radius 1 is 1.11 bits per heavy atom. The summed E-state index contributed by atoms with van der Waals surface area (Å²) in [5.74, 6) is 0.224. The van der Waals surface area contributed by atoms with Crippen molar-refractivity contribution in [1.29, 1.82) is 5.26 Å². The fourth-order valence-corrected chi connectivity index (χ4v) is 2.01. The van der Waals surface area contributed by atoms with Crippen molar-refractivity contribution in [2.45, 2.75) is 25.7 Å². The average Bonchev–Trinajstić information content (AvgIpc) is 2.58. The molecule has 5 heteroatoms. The van der Waals surface area contributed by atoms with Crippen LogP contribution in [-0.2, 0) is 9.59 Å². The molecule has 1 aliphatic heterocycles. The molecule has 1 aromatic carbocycles. The summed E-state index contributed by atoms with van der Waals surface area (Å²) in [5.41, 5.74) is 0.557. The number of amides is 2. The molecule has 0 aliphatic carbocycles. The predicted octanol–water partition coefficient (Wildman–Crippen LogP) is 2.02. The van der Waals surface area contributed by atoms with E-state index in [-0.39, 0.29) is 18.4 Å². The SMILES string of the molecule is N#CCOc1ccc(N2C(=O)CCCCC2=O)cc1. The van der Waals surface area contributed by atoms with Crippen LogP contribution in [0.15, 0.2) is 24.3 Å². The molecule has 0 bridgehead atoms. The minimum Gasteiger partial charge on any atom is -0.479 e. The number of carbonyl (C=O) groups is 2. The molecule has 1 heterocycles. The first-order valence-electron chi connectivity index (χ1n) is 6.18. The smallest absolute Gasteiger partial charge is 0.233 e. The highest BCUT2D eigenvalue weighted by molar-refractivity contribution is 6.15. The second-order valence-electron chi connectivity index (χ2n) is 4.27. The van der Waals surface area contributed by atoms with Gasteiger partial charge in [0.1, 0.15) is 11.8 Å². The van der Waals surface area contributed by atoms with E-state index in [4.69, 9.17) is 10.00 Å². The van der Waals surface area contributed by atoms with Gasteiger partial charge in [0.15, 0.2) is 6.61 Å². The van der Waals surface area contributed by atoms with Gasteiger partial charge in [0, 0.05) is 12.8 Å². The number of rotatable bonds is 3. The molecule has 0 N–H and O–H groups in total. The van der Waals surface area contributed by atoms with E-state index in [1.165, 1.54) is 4.90 Å². The van der Waals surface area contributed by atoms with Gasteiger partial charge in [-0.2, -0.15) is 5.26 Å². The molecule has 2 rings (SSSR count). The second kappa shape index (κ2) is 6.01. The number of anilines is 1. The molecule has 19 heavy (non-hydrogen) atoms. The number of benzene rings is 1. The van der Waals surface area contributed by atoms with Crippen LogP contribution in [0.3, 0.4) is 0 Å². The zero-order chi connectivity index (χ0) is 13.7. The van der Waals surface area contributed by atoms with E-state index in [0.717, 1.165) is 12.8 Å². The molecule has 0 saturated carbocycles. The van der Waals surface area contributed by atoms with Gasteiger partial charge in [0.25, 0.3) is 0 Å². The van der Waals surface area contributed by atoms with Crippen LogP contribution in [0.1, 0.15) is 25.7 Å². The Bertz CT molecular complexity index is 498. The maximum absolute atomic E-state index is 11.9. The summed E-state index contributed by atoms with van der Waals surface area (Å²) in [5, 5.41) is 8.41. The highest BCUT2D eigenvalue weighted by Crippen LogP contribution is 2.23. The van der Waals surface area contributed by atoms with Crippen LogP contribution in [0.4, 0.5) is 5.69 Å². The van der Waals surface area contributed by atoms with E-state index in [9.17, 15) is 9.59 Å². The van der Waals surface area contributed by atoms with Crippen molar-refractivity contribution in [2.75, 3.05) is 11.5 Å². The summed E-state index contributed by atoms with van der Waals surface area (Å²) in [6, 6.07) is 8.50. The van der Waals surface area contributed by atoms with Gasteiger partial charge in [-0.3, -0.25) is 14.5 Å². The fourth-order valence-electron chi connectivity index (χ4n) is 2.01. The number of hydrogen-bond acceptors (Lipinski definition) is 4. The van der Waals surface area contributed by atoms with Crippen molar-refractivity contribution < 1.29 is 14.3 Å². The van der Waals surface area contributed by atoms with E-state index in [1.807, 2.05) is 6.07 Å². The van der Waals surface area contributed by atoms with E-state index >= 15 is 0 Å². The number of nitrogens with zero attached hydrogens (tertiary/aromatic N) is 2. The topological polar surface area (TPSA) is 70.4 Å². The Balaban J connectivity index is 2.18. The molecular weight excluding hydrogens is 244 g/mol. The number of hydrogen-bond donors (Lipinski definition) is 0. The Kier molecular flexibility index (Phi) is 4.14. The zero-order valence-electron chi connectivity index (χ0n) is 10.5. The number of imide groups is 1. The largest absolute Gasteiger partial charge is 0.479 e. The monoisotopic (exact) mass is 258 g/mol. The summed E-state index contributed by atoms with van der Waals surface area (Å²) in [7, 11) is 0. The third-order valence-corrected chi connectivity index (χ3v) is 2.93. The van der Waals surface area contributed by atoms with Crippen LogP contribution in [0.25, 0.3) is 0 Å². The predicted molar refractivity (Wildman–Crippen MR) is 68.5 cm³/mol. The maximum atomic E-state index is 11.9. The van der Waals surface area contributed by atoms with E-state index in [2.05, 4.69) is 0 Å². The van der Waals surface area contributed by atoms with Gasteiger partial charge in [-0.1, -0.05) is 0 Å². The summed E-state index contributed by atoms with van der Waals surface area (Å²) >= 11 is 0. The van der Waals surface area contributed by atoms with Crippen molar-refractivity contribution in [2.24, 2.45) is 0 Å². The third kappa shape index (κ3) is 3.10. The summed E-state index contributed by atoms with van der Waals surface area (Å²) in [6.07, 6.45) is 2.31. The normalized spacial score (nSPS) is 15.8. The van der Waals surface area contributed by atoms with Crippen molar-refractivity contribution in [3.63, 3.8) is 0 Å². The molecule has 1 aromatic rings. The van der Waals surface area contributed by atoms with Crippen molar-refractivity contribution in [3.8, 4) is 11.8 Å². The summed E-state index contributed by atoms with van der Waals surface area (Å²) in [6.45, 7) is -0.0269. The first-order valence-corrected chi connectivity index (χ1v) is 6.18. The van der Waals surface area contributed by atoms with Gasteiger partial charge in [0.2, 0.25) is 11.8 Å². The molecule has 1 fully saturated rings. The fraction of sp³-hybridized carbons (Fsp3) is 0.357. The van der Waals surface area contributed by atoms with Gasteiger partial charge in [-0.05, 0) is 37.1 Å². The van der Waals surface area contributed by atoms with E-state index in [1.54, 1.807) is 24.3 Å². The Labute approximate surface area is 111 Å². The lowest BCUT2D eigenvalue weighted by Crippen LogP contribution is -2.34. The quantitative estimate of drug-likeness (QED) is 0.778. The Morgan fingerprint density at radius 3 is 2.21 bits per heavy atom. The molecule has 0 radical (unpaired) electrons. The standard InChI is InChI=1S/C14H14N2O3/c15-9-10-19-12-7-5-11(6-8-12)16-13(17)3-1-2-4-14(16)18/h5-8H,1-4,10H2. The minimum atomic E-state index is -0.159. The number of nitriles is 1. The molecule has 0 aromatic heterocycles. The van der Waals surface area contributed by atoms with Crippen molar-refractivity contribution in [1.82, 2.24) is 0 Å². The molecular formula is C14H14N2O3. The van der Waals surface area contributed by atoms with Crippen LogP contribution in [-0.4, -0.2) is 18.4 Å². The first-order chi connectivity index (χ1) is 9.22. The average molecular weight is 258 g/mol. The van der Waals surface area contributed by atoms with Crippen LogP contribution >= 0.6 is 0 Å². The van der Waals surface area contributed by atoms with Gasteiger partial charge in [-0.25, -0.2) is 0 Å². The highest BCUT2D eigenvalue weighted by atomic mass is 16.5. The van der Waals surface area contributed by atoms with Crippen molar-refractivity contribution in [3.05, 3.63) is 24.3 Å². The first kappa shape index (κ1) is 13.1. The molecule has 5 nitrogen and oxygen atoms in total. The molecule has 0 spiro atoms. The third-order valence-electron chi connectivity index (χ3n) is 2.93. The van der Waals surface area contributed by atoms with Crippen LogP contribution in [0.2, 0.25) is 0 Å². The van der Waals surface area contributed by atoms with E-state index < -0.39 is 0 Å². The van der Waals surface area contributed by atoms with Gasteiger partial charge in [-0.15, -0.1) is 0 Å². The highest BCUT2D eigenvalue weighted by Gasteiger charge is 2.25. The van der Waals surface area contributed by atoms with E-state index in [0.29, 0.717) is 24.3 Å². The molecule has 1 aliphatic rings.